The van der Waals surface area contributed by atoms with E-state index in [1.807, 2.05) is 13.8 Å². The molecule has 0 saturated heterocycles. The van der Waals surface area contributed by atoms with E-state index < -0.39 is 6.10 Å². The zero-order chi connectivity index (χ0) is 13.7. The zero-order valence-corrected chi connectivity index (χ0v) is 11.5. The Hall–Kier alpha value is -1.26. The summed E-state index contributed by atoms with van der Waals surface area (Å²) < 4.78 is 5.31. The Morgan fingerprint density at radius 1 is 1.44 bits per heavy atom. The third-order valence-corrected chi connectivity index (χ3v) is 2.54. The van der Waals surface area contributed by atoms with Gasteiger partial charge in [0.1, 0.15) is 5.75 Å². The van der Waals surface area contributed by atoms with E-state index in [0.29, 0.717) is 16.3 Å². The Balaban J connectivity index is 2.60. The summed E-state index contributed by atoms with van der Waals surface area (Å²) >= 11 is 5.99. The van der Waals surface area contributed by atoms with Crippen LogP contribution in [-0.2, 0) is 4.79 Å². The first kappa shape index (κ1) is 14.8. The minimum absolute atomic E-state index is 0.0775. The maximum absolute atomic E-state index is 11.4. The van der Waals surface area contributed by atoms with Crippen molar-refractivity contribution in [3.8, 4) is 5.75 Å². The average molecular weight is 272 g/mol. The highest BCUT2D eigenvalue weighted by Crippen LogP contribution is 2.27. The maximum Gasteiger partial charge on any atom is 0.258 e. The van der Waals surface area contributed by atoms with Crippen LogP contribution in [0.1, 0.15) is 32.4 Å². The molecule has 0 fully saturated rings. The van der Waals surface area contributed by atoms with Crippen LogP contribution >= 0.6 is 11.6 Å². The number of amides is 1. The number of aliphatic hydroxyl groups is 1. The van der Waals surface area contributed by atoms with Crippen LogP contribution in [0.4, 0.5) is 0 Å². The van der Waals surface area contributed by atoms with Crippen LogP contribution in [0.5, 0.6) is 5.75 Å². The van der Waals surface area contributed by atoms with E-state index >= 15 is 0 Å². The molecule has 0 spiro atoms. The van der Waals surface area contributed by atoms with Crippen LogP contribution in [0, 0.1) is 0 Å². The number of halogens is 1. The smallest absolute Gasteiger partial charge is 0.258 e. The number of hydrogen-bond acceptors (Lipinski definition) is 3. The molecule has 0 aliphatic heterocycles. The molecule has 0 aliphatic carbocycles. The standard InChI is InChI=1S/C13H18ClNO3/c1-8(2)15-13(17)7-18-12-5-4-10(9(3)16)6-11(12)14/h4-6,8-9,16H,7H2,1-3H3,(H,15,17). The molecule has 5 heteroatoms. The summed E-state index contributed by atoms with van der Waals surface area (Å²) in [4.78, 5) is 11.4. The summed E-state index contributed by atoms with van der Waals surface area (Å²) in [5.41, 5.74) is 0.707. The number of rotatable bonds is 5. The van der Waals surface area contributed by atoms with Crippen molar-refractivity contribution in [1.82, 2.24) is 5.32 Å². The molecule has 0 bridgehead atoms. The van der Waals surface area contributed by atoms with Crippen molar-refractivity contribution >= 4 is 17.5 Å². The van der Waals surface area contributed by atoms with Crippen molar-refractivity contribution in [1.29, 1.82) is 0 Å². The van der Waals surface area contributed by atoms with E-state index in [1.54, 1.807) is 25.1 Å². The molecule has 0 aliphatic rings. The minimum atomic E-state index is -0.583. The topological polar surface area (TPSA) is 58.6 Å². The van der Waals surface area contributed by atoms with Crippen LogP contribution in [0.2, 0.25) is 5.02 Å². The molecule has 1 rings (SSSR count). The highest BCUT2D eigenvalue weighted by molar-refractivity contribution is 6.32. The molecule has 1 unspecified atom stereocenters. The number of nitrogens with one attached hydrogen (secondary N) is 1. The fourth-order valence-corrected chi connectivity index (χ4v) is 1.64. The monoisotopic (exact) mass is 271 g/mol. The van der Waals surface area contributed by atoms with Crippen molar-refractivity contribution in [3.63, 3.8) is 0 Å². The van der Waals surface area contributed by atoms with E-state index in [0.717, 1.165) is 0 Å². The van der Waals surface area contributed by atoms with Crippen molar-refractivity contribution < 1.29 is 14.6 Å². The van der Waals surface area contributed by atoms with Gasteiger partial charge >= 0.3 is 0 Å². The van der Waals surface area contributed by atoms with Crippen LogP contribution in [0.15, 0.2) is 18.2 Å². The van der Waals surface area contributed by atoms with E-state index in [1.165, 1.54) is 0 Å². The molecular formula is C13H18ClNO3. The molecule has 0 saturated carbocycles. The third-order valence-electron chi connectivity index (χ3n) is 2.25. The van der Waals surface area contributed by atoms with Gasteiger partial charge in [0.05, 0.1) is 11.1 Å². The van der Waals surface area contributed by atoms with Crippen LogP contribution in [0.25, 0.3) is 0 Å². The molecule has 100 valence electrons. The summed E-state index contributed by atoms with van der Waals surface area (Å²) in [6.45, 7) is 5.33. The zero-order valence-electron chi connectivity index (χ0n) is 10.7. The third kappa shape index (κ3) is 4.55. The number of aliphatic hydroxyl groups excluding tert-OH is 1. The second kappa shape index (κ2) is 6.61. The lowest BCUT2D eigenvalue weighted by atomic mass is 10.1. The predicted octanol–water partition coefficient (Wildman–Crippen LogP) is 2.30. The van der Waals surface area contributed by atoms with Gasteiger partial charge in [-0.25, -0.2) is 0 Å². The summed E-state index contributed by atoms with van der Waals surface area (Å²) in [5, 5.41) is 12.5. The highest BCUT2D eigenvalue weighted by atomic mass is 35.5. The second-order valence-corrected chi connectivity index (χ2v) is 4.78. The summed E-state index contributed by atoms with van der Waals surface area (Å²) in [6, 6.07) is 5.07. The van der Waals surface area contributed by atoms with Gasteiger partial charge in [0.2, 0.25) is 0 Å². The van der Waals surface area contributed by atoms with E-state index in [-0.39, 0.29) is 18.6 Å². The van der Waals surface area contributed by atoms with Crippen LogP contribution in [-0.4, -0.2) is 23.7 Å². The van der Waals surface area contributed by atoms with Gasteiger partial charge in [-0.15, -0.1) is 0 Å². The lowest BCUT2D eigenvalue weighted by Crippen LogP contribution is -2.34. The van der Waals surface area contributed by atoms with Gasteiger partial charge < -0.3 is 15.2 Å². The van der Waals surface area contributed by atoms with Gasteiger partial charge in [0.15, 0.2) is 6.61 Å². The van der Waals surface area contributed by atoms with E-state index in [2.05, 4.69) is 5.32 Å². The summed E-state index contributed by atoms with van der Waals surface area (Å²) in [6.07, 6.45) is -0.583. The van der Waals surface area contributed by atoms with Crippen molar-refractivity contribution in [2.75, 3.05) is 6.61 Å². The van der Waals surface area contributed by atoms with Crippen molar-refractivity contribution in [2.45, 2.75) is 32.9 Å². The molecule has 2 N–H and O–H groups in total. The Morgan fingerprint density at radius 2 is 2.11 bits per heavy atom. The van der Waals surface area contributed by atoms with Gasteiger partial charge in [-0.1, -0.05) is 17.7 Å². The quantitative estimate of drug-likeness (QED) is 0.864. The maximum atomic E-state index is 11.4. The van der Waals surface area contributed by atoms with E-state index in [4.69, 9.17) is 16.3 Å². The fraction of sp³-hybridized carbons (Fsp3) is 0.462. The Bertz CT molecular complexity index is 419. The predicted molar refractivity (Wildman–Crippen MR) is 70.9 cm³/mol. The first-order chi connectivity index (χ1) is 8.40. The summed E-state index contributed by atoms with van der Waals surface area (Å²) in [7, 11) is 0. The van der Waals surface area contributed by atoms with Gasteiger partial charge in [-0.05, 0) is 38.5 Å². The summed E-state index contributed by atoms with van der Waals surface area (Å²) in [5.74, 6) is 0.237. The van der Waals surface area contributed by atoms with Crippen LogP contribution < -0.4 is 10.1 Å². The van der Waals surface area contributed by atoms with Gasteiger partial charge in [0, 0.05) is 6.04 Å². The number of ether oxygens (including phenoxy) is 1. The Morgan fingerprint density at radius 3 is 2.61 bits per heavy atom. The Kier molecular flexibility index (Phi) is 5.44. The Labute approximate surface area is 112 Å². The van der Waals surface area contributed by atoms with E-state index in [9.17, 15) is 9.90 Å². The van der Waals surface area contributed by atoms with Gasteiger partial charge in [-0.2, -0.15) is 0 Å². The molecule has 1 aromatic carbocycles. The lowest BCUT2D eigenvalue weighted by molar-refractivity contribution is -0.123. The number of carbonyl (C=O) groups excluding carboxylic acids is 1. The van der Waals surface area contributed by atoms with Crippen LogP contribution in [0.3, 0.4) is 0 Å². The molecule has 18 heavy (non-hydrogen) atoms. The molecule has 0 radical (unpaired) electrons. The number of carbonyl (C=O) groups is 1. The average Bonchev–Trinajstić information content (AvgIpc) is 2.26. The first-order valence-electron chi connectivity index (χ1n) is 5.80. The minimum Gasteiger partial charge on any atom is -0.482 e. The lowest BCUT2D eigenvalue weighted by Gasteiger charge is -2.12. The highest BCUT2D eigenvalue weighted by Gasteiger charge is 2.09. The first-order valence-corrected chi connectivity index (χ1v) is 6.17. The molecular weight excluding hydrogens is 254 g/mol. The number of benzene rings is 1. The molecule has 4 nitrogen and oxygen atoms in total. The normalized spacial score (nSPS) is 12.3. The SMILES string of the molecule is CC(C)NC(=O)COc1ccc(C(C)O)cc1Cl. The van der Waals surface area contributed by atoms with Crippen molar-refractivity contribution in [3.05, 3.63) is 28.8 Å². The fourth-order valence-electron chi connectivity index (χ4n) is 1.40. The molecule has 0 aromatic heterocycles. The largest absolute Gasteiger partial charge is 0.482 e. The van der Waals surface area contributed by atoms with Gasteiger partial charge in [0.25, 0.3) is 5.91 Å². The second-order valence-electron chi connectivity index (χ2n) is 4.38. The molecule has 1 amide bonds. The number of hydrogen-bond donors (Lipinski definition) is 2. The molecule has 1 aromatic rings. The molecule has 0 heterocycles. The molecule has 1 atom stereocenters. The van der Waals surface area contributed by atoms with Gasteiger partial charge in [-0.3, -0.25) is 4.79 Å². The van der Waals surface area contributed by atoms with Crippen molar-refractivity contribution in [2.24, 2.45) is 0 Å².